The second-order valence-electron chi connectivity index (χ2n) is 5.63. The Balaban J connectivity index is 1.70. The maximum Gasteiger partial charge on any atom is 0.255 e. The molecule has 0 atom stereocenters. The van der Waals surface area contributed by atoms with Crippen LogP contribution in [-0.4, -0.2) is 18.4 Å². The molecule has 2 aromatic rings. The minimum absolute atomic E-state index is 0.147. The molecule has 1 heterocycles. The summed E-state index contributed by atoms with van der Waals surface area (Å²) in [5.74, 6) is -0.121. The molecule has 0 aromatic heterocycles. The first kappa shape index (κ1) is 16.8. The normalized spacial score (nSPS) is 14.6. The van der Waals surface area contributed by atoms with Crippen molar-refractivity contribution >= 4 is 46.4 Å². The van der Waals surface area contributed by atoms with Crippen LogP contribution in [0, 0.1) is 0 Å². The van der Waals surface area contributed by atoms with Crippen LogP contribution in [0.25, 0.3) is 0 Å². The third kappa shape index (κ3) is 3.71. The van der Waals surface area contributed by atoms with Gasteiger partial charge in [-0.3, -0.25) is 9.59 Å². The lowest BCUT2D eigenvalue weighted by Crippen LogP contribution is -2.35. The number of rotatable bonds is 3. The van der Waals surface area contributed by atoms with Gasteiger partial charge < -0.3 is 10.2 Å². The van der Waals surface area contributed by atoms with E-state index in [4.69, 9.17) is 23.2 Å². The van der Waals surface area contributed by atoms with E-state index in [1.165, 1.54) is 6.07 Å². The highest BCUT2D eigenvalue weighted by atomic mass is 35.5. The molecule has 0 radical (unpaired) electrons. The molecule has 1 N–H and O–H groups in total. The molecule has 1 aliphatic rings. The molecule has 6 heteroatoms. The first-order chi connectivity index (χ1) is 11.5. The number of nitrogens with zero attached hydrogens (tertiary/aromatic N) is 1. The van der Waals surface area contributed by atoms with Gasteiger partial charge in [0.15, 0.2) is 0 Å². The van der Waals surface area contributed by atoms with Crippen molar-refractivity contribution in [3.8, 4) is 0 Å². The Morgan fingerprint density at radius 1 is 1.00 bits per heavy atom. The van der Waals surface area contributed by atoms with Crippen LogP contribution >= 0.6 is 23.2 Å². The van der Waals surface area contributed by atoms with Gasteiger partial charge in [-0.25, -0.2) is 0 Å². The van der Waals surface area contributed by atoms with Crippen molar-refractivity contribution in [2.75, 3.05) is 16.8 Å². The molecular formula is C18H16Cl2N2O2. The summed E-state index contributed by atoms with van der Waals surface area (Å²) in [6.07, 6.45) is 2.56. The topological polar surface area (TPSA) is 49.4 Å². The number of benzene rings is 2. The number of piperidine rings is 1. The van der Waals surface area contributed by atoms with Crippen LogP contribution in [0.15, 0.2) is 42.5 Å². The first-order valence-corrected chi connectivity index (χ1v) is 8.47. The summed E-state index contributed by atoms with van der Waals surface area (Å²) in [7, 11) is 0. The molecular weight excluding hydrogens is 347 g/mol. The number of carbonyl (C=O) groups is 2. The van der Waals surface area contributed by atoms with Gasteiger partial charge >= 0.3 is 0 Å². The zero-order chi connectivity index (χ0) is 17.1. The molecule has 0 unspecified atom stereocenters. The van der Waals surface area contributed by atoms with Gasteiger partial charge in [-0.15, -0.1) is 0 Å². The summed E-state index contributed by atoms with van der Waals surface area (Å²) >= 11 is 11.8. The summed E-state index contributed by atoms with van der Waals surface area (Å²) in [4.78, 5) is 26.0. The second kappa shape index (κ2) is 7.24. The molecule has 2 aromatic carbocycles. The number of amides is 2. The van der Waals surface area contributed by atoms with Crippen molar-refractivity contribution in [3.05, 3.63) is 58.1 Å². The minimum atomic E-state index is -0.268. The minimum Gasteiger partial charge on any atom is -0.322 e. The number of hydrogen-bond donors (Lipinski definition) is 1. The average Bonchev–Trinajstić information content (AvgIpc) is 2.58. The van der Waals surface area contributed by atoms with Gasteiger partial charge in [-0.2, -0.15) is 0 Å². The maximum atomic E-state index is 12.2. The van der Waals surface area contributed by atoms with Crippen molar-refractivity contribution in [1.82, 2.24) is 0 Å². The fourth-order valence-corrected chi connectivity index (χ4v) is 2.94. The summed E-state index contributed by atoms with van der Waals surface area (Å²) in [6, 6.07) is 12.0. The number of hydrogen-bond acceptors (Lipinski definition) is 2. The number of anilines is 2. The van der Waals surface area contributed by atoms with E-state index >= 15 is 0 Å². The first-order valence-electron chi connectivity index (χ1n) is 7.71. The molecule has 24 heavy (non-hydrogen) atoms. The van der Waals surface area contributed by atoms with Crippen LogP contribution < -0.4 is 10.2 Å². The van der Waals surface area contributed by atoms with Crippen molar-refractivity contribution in [2.45, 2.75) is 19.3 Å². The monoisotopic (exact) mass is 362 g/mol. The Hall–Kier alpha value is -2.04. The Kier molecular flexibility index (Phi) is 5.07. The largest absolute Gasteiger partial charge is 0.322 e. The Morgan fingerprint density at radius 3 is 2.42 bits per heavy atom. The van der Waals surface area contributed by atoms with Gasteiger partial charge in [0.1, 0.15) is 0 Å². The van der Waals surface area contributed by atoms with Crippen molar-refractivity contribution in [2.24, 2.45) is 0 Å². The third-order valence-electron chi connectivity index (χ3n) is 3.94. The van der Waals surface area contributed by atoms with Gasteiger partial charge in [-0.05, 0) is 55.3 Å². The summed E-state index contributed by atoms with van der Waals surface area (Å²) in [5, 5.41) is 3.54. The molecule has 1 saturated heterocycles. The second-order valence-corrected chi connectivity index (χ2v) is 6.45. The van der Waals surface area contributed by atoms with Gasteiger partial charge in [0, 0.05) is 29.9 Å². The van der Waals surface area contributed by atoms with Gasteiger partial charge in [0.25, 0.3) is 5.91 Å². The van der Waals surface area contributed by atoms with E-state index in [2.05, 4.69) is 5.32 Å². The van der Waals surface area contributed by atoms with Crippen LogP contribution in [0.1, 0.15) is 29.6 Å². The maximum absolute atomic E-state index is 12.2. The molecule has 0 aliphatic carbocycles. The molecule has 3 rings (SSSR count). The SMILES string of the molecule is O=C(Nc1ccc(N2CCCCC2=O)cc1)c1ccc(Cl)c(Cl)c1. The molecule has 0 spiro atoms. The van der Waals surface area contributed by atoms with Crippen molar-refractivity contribution in [1.29, 1.82) is 0 Å². The van der Waals surface area contributed by atoms with E-state index in [0.717, 1.165) is 25.1 Å². The smallest absolute Gasteiger partial charge is 0.255 e. The van der Waals surface area contributed by atoms with Crippen LogP contribution in [0.4, 0.5) is 11.4 Å². The predicted octanol–water partition coefficient (Wildman–Crippen LogP) is 4.76. The fourth-order valence-electron chi connectivity index (χ4n) is 2.64. The van der Waals surface area contributed by atoms with E-state index < -0.39 is 0 Å². The zero-order valence-corrected chi connectivity index (χ0v) is 14.4. The van der Waals surface area contributed by atoms with E-state index in [9.17, 15) is 9.59 Å². The van der Waals surface area contributed by atoms with E-state index in [1.54, 1.807) is 29.2 Å². The zero-order valence-electron chi connectivity index (χ0n) is 12.9. The summed E-state index contributed by atoms with van der Waals surface area (Å²) in [6.45, 7) is 0.744. The van der Waals surface area contributed by atoms with Crippen LogP contribution in [-0.2, 0) is 4.79 Å². The lowest BCUT2D eigenvalue weighted by atomic mass is 10.1. The van der Waals surface area contributed by atoms with Crippen LogP contribution in [0.2, 0.25) is 10.0 Å². The van der Waals surface area contributed by atoms with Gasteiger partial charge in [0.05, 0.1) is 10.0 Å². The average molecular weight is 363 g/mol. The standard InChI is InChI=1S/C18H16Cl2N2O2/c19-15-9-4-12(11-16(15)20)18(24)21-13-5-7-14(8-6-13)22-10-2-1-3-17(22)23/h4-9,11H,1-3,10H2,(H,21,24). The molecule has 0 bridgehead atoms. The predicted molar refractivity (Wildman–Crippen MR) is 97.1 cm³/mol. The number of nitrogens with one attached hydrogen (secondary N) is 1. The molecule has 2 amide bonds. The third-order valence-corrected chi connectivity index (χ3v) is 4.68. The van der Waals surface area contributed by atoms with E-state index in [1.807, 2.05) is 12.1 Å². The molecule has 4 nitrogen and oxygen atoms in total. The number of halogens is 2. The lowest BCUT2D eigenvalue weighted by molar-refractivity contribution is -0.119. The van der Waals surface area contributed by atoms with E-state index in [0.29, 0.717) is 27.7 Å². The lowest BCUT2D eigenvalue weighted by Gasteiger charge is -2.26. The molecule has 124 valence electrons. The summed E-state index contributed by atoms with van der Waals surface area (Å²) in [5.41, 5.74) is 1.94. The Labute approximate surface area is 150 Å². The molecule has 1 aliphatic heterocycles. The van der Waals surface area contributed by atoms with Crippen LogP contribution in [0.5, 0.6) is 0 Å². The highest BCUT2D eigenvalue weighted by Gasteiger charge is 2.19. The van der Waals surface area contributed by atoms with Crippen LogP contribution in [0.3, 0.4) is 0 Å². The summed E-state index contributed by atoms with van der Waals surface area (Å²) < 4.78 is 0. The Bertz CT molecular complexity index is 775. The van der Waals surface area contributed by atoms with Gasteiger partial charge in [-0.1, -0.05) is 23.2 Å². The van der Waals surface area contributed by atoms with Crippen molar-refractivity contribution in [3.63, 3.8) is 0 Å². The quantitative estimate of drug-likeness (QED) is 0.855. The van der Waals surface area contributed by atoms with Crippen molar-refractivity contribution < 1.29 is 9.59 Å². The van der Waals surface area contributed by atoms with Gasteiger partial charge in [0.2, 0.25) is 5.91 Å². The molecule has 0 saturated carbocycles. The van der Waals surface area contributed by atoms with E-state index in [-0.39, 0.29) is 11.8 Å². The highest BCUT2D eigenvalue weighted by molar-refractivity contribution is 6.42. The highest BCUT2D eigenvalue weighted by Crippen LogP contribution is 2.25. The fraction of sp³-hybridized carbons (Fsp3) is 0.222. The molecule has 1 fully saturated rings. The Morgan fingerprint density at radius 2 is 1.75 bits per heavy atom. The number of carbonyl (C=O) groups excluding carboxylic acids is 2.